The fraction of sp³-hybridized carbons (Fsp3) is 0.350. The van der Waals surface area contributed by atoms with Crippen molar-refractivity contribution in [1.29, 1.82) is 0 Å². The second-order valence-corrected chi connectivity index (χ2v) is 6.67. The predicted octanol–water partition coefficient (Wildman–Crippen LogP) is 2.34. The third-order valence-corrected chi connectivity index (χ3v) is 4.75. The second kappa shape index (κ2) is 7.15. The quantitative estimate of drug-likeness (QED) is 0.897. The Bertz CT molecular complexity index is 723. The number of piperazine rings is 1. The van der Waals surface area contributed by atoms with Crippen LogP contribution in [-0.4, -0.2) is 47.2 Å². The average molecular weight is 340 g/mol. The van der Waals surface area contributed by atoms with Gasteiger partial charge in [-0.1, -0.05) is 42.5 Å². The summed E-state index contributed by atoms with van der Waals surface area (Å²) in [5.74, 6) is 0.208. The number of aliphatic hydroxyl groups is 1. The maximum Gasteiger partial charge on any atom is 0.225 e. The van der Waals surface area contributed by atoms with Crippen LogP contribution in [0.1, 0.15) is 18.9 Å². The van der Waals surface area contributed by atoms with Crippen molar-refractivity contribution < 1.29 is 15.0 Å². The predicted molar refractivity (Wildman–Crippen MR) is 97.5 cm³/mol. The zero-order valence-corrected chi connectivity index (χ0v) is 14.4. The van der Waals surface area contributed by atoms with Crippen LogP contribution in [-0.2, 0) is 10.4 Å². The molecule has 1 heterocycles. The molecular weight excluding hydrogens is 316 g/mol. The molecule has 1 fully saturated rings. The second-order valence-electron chi connectivity index (χ2n) is 6.67. The van der Waals surface area contributed by atoms with Crippen LogP contribution < -0.4 is 4.90 Å². The number of phenolic OH excluding ortho intramolecular Hbond substituents is 1. The molecule has 1 atom stereocenters. The number of benzene rings is 2. The summed E-state index contributed by atoms with van der Waals surface area (Å²) in [7, 11) is 0. The number of hydrogen-bond donors (Lipinski definition) is 2. The molecule has 3 rings (SSSR count). The van der Waals surface area contributed by atoms with Gasteiger partial charge in [0.1, 0.15) is 5.75 Å². The van der Waals surface area contributed by atoms with Crippen molar-refractivity contribution in [3.05, 3.63) is 60.2 Å². The highest BCUT2D eigenvalue weighted by Crippen LogP contribution is 2.28. The van der Waals surface area contributed by atoms with Crippen LogP contribution in [0.3, 0.4) is 0 Å². The van der Waals surface area contributed by atoms with Crippen molar-refractivity contribution in [3.8, 4) is 5.75 Å². The number of hydrogen-bond acceptors (Lipinski definition) is 4. The van der Waals surface area contributed by atoms with Crippen LogP contribution in [0.5, 0.6) is 5.75 Å². The summed E-state index contributed by atoms with van der Waals surface area (Å²) in [6.07, 6.45) is 0.0631. The largest absolute Gasteiger partial charge is 0.506 e. The lowest BCUT2D eigenvalue weighted by Crippen LogP contribution is -2.50. The van der Waals surface area contributed by atoms with E-state index in [9.17, 15) is 15.0 Å². The first-order chi connectivity index (χ1) is 12.0. The molecule has 1 unspecified atom stereocenters. The van der Waals surface area contributed by atoms with Crippen molar-refractivity contribution >= 4 is 11.6 Å². The summed E-state index contributed by atoms with van der Waals surface area (Å²) in [4.78, 5) is 16.5. The number of rotatable bonds is 4. The molecule has 0 radical (unpaired) electrons. The maximum absolute atomic E-state index is 12.6. The molecule has 25 heavy (non-hydrogen) atoms. The zero-order valence-electron chi connectivity index (χ0n) is 14.4. The minimum absolute atomic E-state index is 0.0502. The molecule has 0 bridgehead atoms. The highest BCUT2D eigenvalue weighted by atomic mass is 16.3. The number of nitrogens with zero attached hydrogens (tertiary/aromatic N) is 2. The van der Waals surface area contributed by atoms with Crippen LogP contribution in [0.2, 0.25) is 0 Å². The third-order valence-electron chi connectivity index (χ3n) is 4.75. The Hall–Kier alpha value is -2.53. The third kappa shape index (κ3) is 3.94. The van der Waals surface area contributed by atoms with Crippen LogP contribution in [0, 0.1) is 0 Å². The minimum atomic E-state index is -1.17. The molecule has 0 aliphatic carbocycles. The van der Waals surface area contributed by atoms with Crippen molar-refractivity contribution in [1.82, 2.24) is 4.90 Å². The Balaban J connectivity index is 1.59. The molecule has 1 aliphatic rings. The molecule has 2 aromatic carbocycles. The van der Waals surface area contributed by atoms with Crippen molar-refractivity contribution in [2.45, 2.75) is 18.9 Å². The number of amides is 1. The van der Waals surface area contributed by atoms with Gasteiger partial charge >= 0.3 is 0 Å². The molecule has 132 valence electrons. The Kier molecular flexibility index (Phi) is 4.95. The van der Waals surface area contributed by atoms with Gasteiger partial charge in [-0.2, -0.15) is 0 Å². The monoisotopic (exact) mass is 340 g/mol. The van der Waals surface area contributed by atoms with Gasteiger partial charge in [0.15, 0.2) is 0 Å². The van der Waals surface area contributed by atoms with Gasteiger partial charge in [0.25, 0.3) is 0 Å². The number of carbonyl (C=O) groups is 1. The van der Waals surface area contributed by atoms with Crippen LogP contribution in [0.25, 0.3) is 0 Å². The molecule has 5 heteroatoms. The topological polar surface area (TPSA) is 64.0 Å². The van der Waals surface area contributed by atoms with E-state index in [0.29, 0.717) is 26.2 Å². The molecule has 2 N–H and O–H groups in total. The molecule has 1 aliphatic heterocycles. The van der Waals surface area contributed by atoms with E-state index in [2.05, 4.69) is 4.90 Å². The van der Waals surface area contributed by atoms with Crippen molar-refractivity contribution in [2.75, 3.05) is 31.1 Å². The summed E-state index contributed by atoms with van der Waals surface area (Å²) in [5.41, 5.74) is 0.370. The number of anilines is 1. The van der Waals surface area contributed by atoms with Gasteiger partial charge in [-0.25, -0.2) is 0 Å². The van der Waals surface area contributed by atoms with Gasteiger partial charge in [0.05, 0.1) is 17.7 Å². The summed E-state index contributed by atoms with van der Waals surface area (Å²) in [5, 5.41) is 20.6. The van der Waals surface area contributed by atoms with E-state index in [1.54, 1.807) is 24.0 Å². The number of para-hydroxylation sites is 2. The number of aromatic hydroxyl groups is 1. The average Bonchev–Trinajstić information content (AvgIpc) is 2.63. The Morgan fingerprint density at radius 3 is 2.24 bits per heavy atom. The Labute approximate surface area is 148 Å². The van der Waals surface area contributed by atoms with Gasteiger partial charge in [-0.15, -0.1) is 0 Å². The Morgan fingerprint density at radius 2 is 1.60 bits per heavy atom. The highest BCUT2D eigenvalue weighted by molar-refractivity contribution is 5.78. The molecule has 2 aromatic rings. The van der Waals surface area contributed by atoms with E-state index in [1.165, 1.54) is 0 Å². The lowest BCUT2D eigenvalue weighted by molar-refractivity contribution is -0.136. The number of carbonyl (C=O) groups excluding carboxylic acids is 1. The van der Waals surface area contributed by atoms with Gasteiger partial charge < -0.3 is 20.0 Å². The van der Waals surface area contributed by atoms with Crippen molar-refractivity contribution in [3.63, 3.8) is 0 Å². The molecule has 1 saturated heterocycles. The van der Waals surface area contributed by atoms with E-state index in [4.69, 9.17) is 0 Å². The normalized spacial score (nSPS) is 17.2. The molecule has 0 aromatic heterocycles. The standard InChI is InChI=1S/C20H24N2O3/c1-20(25,16-7-3-2-4-8-16)15-19(24)22-13-11-21(12-14-22)17-9-5-6-10-18(17)23/h2-10,23,25H,11-15H2,1H3. The lowest BCUT2D eigenvalue weighted by atomic mass is 9.92. The Morgan fingerprint density at radius 1 is 1.00 bits per heavy atom. The fourth-order valence-electron chi connectivity index (χ4n) is 3.23. The van der Waals surface area contributed by atoms with Gasteiger partial charge in [-0.3, -0.25) is 4.79 Å². The van der Waals surface area contributed by atoms with E-state index in [-0.39, 0.29) is 18.1 Å². The lowest BCUT2D eigenvalue weighted by Gasteiger charge is -2.37. The van der Waals surface area contributed by atoms with Gasteiger partial charge in [0.2, 0.25) is 5.91 Å². The summed E-state index contributed by atoms with van der Waals surface area (Å²) >= 11 is 0. The summed E-state index contributed by atoms with van der Waals surface area (Å²) in [6.45, 7) is 4.17. The van der Waals surface area contributed by atoms with E-state index in [1.807, 2.05) is 42.5 Å². The first-order valence-electron chi connectivity index (χ1n) is 8.56. The SMILES string of the molecule is CC(O)(CC(=O)N1CCN(c2ccccc2O)CC1)c1ccccc1. The first kappa shape index (κ1) is 17.3. The summed E-state index contributed by atoms with van der Waals surface area (Å²) < 4.78 is 0. The molecule has 0 spiro atoms. The maximum atomic E-state index is 12.6. The van der Waals surface area contributed by atoms with E-state index in [0.717, 1.165) is 11.3 Å². The smallest absolute Gasteiger partial charge is 0.225 e. The van der Waals surface area contributed by atoms with Crippen LogP contribution in [0.15, 0.2) is 54.6 Å². The summed E-state index contributed by atoms with van der Waals surface area (Å²) in [6, 6.07) is 16.5. The number of phenols is 1. The van der Waals surface area contributed by atoms with Gasteiger partial charge in [-0.05, 0) is 24.6 Å². The van der Waals surface area contributed by atoms with E-state index >= 15 is 0 Å². The van der Waals surface area contributed by atoms with Crippen LogP contribution >= 0.6 is 0 Å². The molecule has 1 amide bonds. The molecule has 0 saturated carbocycles. The molecule has 5 nitrogen and oxygen atoms in total. The van der Waals surface area contributed by atoms with Crippen molar-refractivity contribution in [2.24, 2.45) is 0 Å². The highest BCUT2D eigenvalue weighted by Gasteiger charge is 2.30. The first-order valence-corrected chi connectivity index (χ1v) is 8.56. The van der Waals surface area contributed by atoms with E-state index < -0.39 is 5.60 Å². The minimum Gasteiger partial charge on any atom is -0.506 e. The molecular formula is C20H24N2O3. The zero-order chi connectivity index (χ0) is 17.9. The van der Waals surface area contributed by atoms with Gasteiger partial charge in [0, 0.05) is 26.2 Å². The van der Waals surface area contributed by atoms with Crippen LogP contribution in [0.4, 0.5) is 5.69 Å². The fourth-order valence-corrected chi connectivity index (χ4v) is 3.23.